The van der Waals surface area contributed by atoms with Crippen molar-refractivity contribution in [2.45, 2.75) is 18.6 Å². The summed E-state index contributed by atoms with van der Waals surface area (Å²) in [6.07, 6.45) is 4.35. The molecule has 0 aliphatic carbocycles. The SMILES string of the molecule is OCC1(O)CCN(Cc2cnn(-c3ccccc3Cl)c2)C1. The lowest BCUT2D eigenvalue weighted by Crippen LogP contribution is -2.36. The van der Waals surface area contributed by atoms with Crippen LogP contribution in [0.5, 0.6) is 0 Å². The molecule has 112 valence electrons. The molecule has 0 saturated carbocycles. The van der Waals surface area contributed by atoms with Crippen molar-refractivity contribution in [1.29, 1.82) is 0 Å². The molecule has 1 fully saturated rings. The van der Waals surface area contributed by atoms with Crippen molar-refractivity contribution >= 4 is 11.6 Å². The molecule has 6 heteroatoms. The Morgan fingerprint density at radius 3 is 2.86 bits per heavy atom. The maximum Gasteiger partial charge on any atom is 0.102 e. The highest BCUT2D eigenvalue weighted by molar-refractivity contribution is 6.32. The van der Waals surface area contributed by atoms with Crippen molar-refractivity contribution in [3.05, 3.63) is 47.2 Å². The topological polar surface area (TPSA) is 61.5 Å². The van der Waals surface area contributed by atoms with Gasteiger partial charge in [-0.25, -0.2) is 4.68 Å². The molecular weight excluding hydrogens is 290 g/mol. The highest BCUT2D eigenvalue weighted by atomic mass is 35.5. The van der Waals surface area contributed by atoms with Gasteiger partial charge in [-0.05, 0) is 18.6 Å². The van der Waals surface area contributed by atoms with Gasteiger partial charge < -0.3 is 10.2 Å². The van der Waals surface area contributed by atoms with E-state index in [0.29, 0.717) is 24.5 Å². The lowest BCUT2D eigenvalue weighted by atomic mass is 10.1. The fourth-order valence-electron chi connectivity index (χ4n) is 2.67. The first kappa shape index (κ1) is 14.5. The van der Waals surface area contributed by atoms with E-state index in [9.17, 15) is 10.2 Å². The molecule has 0 radical (unpaired) electrons. The van der Waals surface area contributed by atoms with Crippen molar-refractivity contribution in [3.63, 3.8) is 0 Å². The summed E-state index contributed by atoms with van der Waals surface area (Å²) >= 11 is 6.16. The zero-order chi connectivity index (χ0) is 14.9. The van der Waals surface area contributed by atoms with E-state index in [1.807, 2.05) is 30.5 Å². The molecule has 3 rings (SSSR count). The second-order valence-electron chi connectivity index (χ2n) is 5.59. The van der Waals surface area contributed by atoms with E-state index in [-0.39, 0.29) is 6.61 Å². The molecule has 1 aromatic heterocycles. The van der Waals surface area contributed by atoms with Crippen LogP contribution >= 0.6 is 11.6 Å². The lowest BCUT2D eigenvalue weighted by molar-refractivity contribution is -0.00580. The van der Waals surface area contributed by atoms with Crippen molar-refractivity contribution in [3.8, 4) is 5.69 Å². The molecule has 2 aromatic rings. The van der Waals surface area contributed by atoms with Gasteiger partial charge in [0, 0.05) is 31.4 Å². The van der Waals surface area contributed by atoms with Crippen LogP contribution in [-0.2, 0) is 6.54 Å². The summed E-state index contributed by atoms with van der Waals surface area (Å²) < 4.78 is 1.76. The van der Waals surface area contributed by atoms with Gasteiger partial charge in [-0.3, -0.25) is 4.90 Å². The molecule has 0 amide bonds. The minimum absolute atomic E-state index is 0.192. The third-order valence-corrected chi connectivity index (χ3v) is 4.17. The van der Waals surface area contributed by atoms with E-state index >= 15 is 0 Å². The summed E-state index contributed by atoms with van der Waals surface area (Å²) in [5.41, 5.74) is 0.939. The molecule has 2 heterocycles. The number of halogens is 1. The Hall–Kier alpha value is -1.40. The Morgan fingerprint density at radius 1 is 1.33 bits per heavy atom. The molecule has 1 aromatic carbocycles. The normalized spacial score (nSPS) is 22.8. The number of β-amino-alcohol motifs (C(OH)–C–C–N with tert-alkyl or cyclic N) is 1. The maximum absolute atomic E-state index is 10.0. The highest BCUT2D eigenvalue weighted by Gasteiger charge is 2.35. The smallest absolute Gasteiger partial charge is 0.102 e. The second kappa shape index (κ2) is 5.77. The first-order valence-electron chi connectivity index (χ1n) is 6.94. The molecule has 1 saturated heterocycles. The Bertz CT molecular complexity index is 631. The molecule has 0 bridgehead atoms. The van der Waals surface area contributed by atoms with Gasteiger partial charge in [0.15, 0.2) is 0 Å². The second-order valence-corrected chi connectivity index (χ2v) is 5.99. The van der Waals surface area contributed by atoms with Gasteiger partial charge in [0.25, 0.3) is 0 Å². The average Bonchev–Trinajstić information content (AvgIpc) is 3.08. The predicted molar refractivity (Wildman–Crippen MR) is 80.5 cm³/mol. The van der Waals surface area contributed by atoms with E-state index in [0.717, 1.165) is 17.8 Å². The third kappa shape index (κ3) is 3.11. The third-order valence-electron chi connectivity index (χ3n) is 3.85. The number of benzene rings is 1. The number of aliphatic hydroxyl groups is 2. The number of likely N-dealkylation sites (tertiary alicyclic amines) is 1. The number of nitrogens with zero attached hydrogens (tertiary/aromatic N) is 3. The van der Waals surface area contributed by atoms with E-state index in [4.69, 9.17) is 11.6 Å². The van der Waals surface area contributed by atoms with Crippen LogP contribution in [0.3, 0.4) is 0 Å². The largest absolute Gasteiger partial charge is 0.393 e. The van der Waals surface area contributed by atoms with Gasteiger partial charge in [0.2, 0.25) is 0 Å². The number of para-hydroxylation sites is 1. The molecule has 5 nitrogen and oxygen atoms in total. The van der Waals surface area contributed by atoms with Gasteiger partial charge in [-0.1, -0.05) is 23.7 Å². The Kier molecular flexibility index (Phi) is 3.99. The van der Waals surface area contributed by atoms with Crippen molar-refractivity contribution in [2.24, 2.45) is 0 Å². The Morgan fingerprint density at radius 2 is 2.14 bits per heavy atom. The van der Waals surface area contributed by atoms with Crippen LogP contribution in [0.4, 0.5) is 0 Å². The monoisotopic (exact) mass is 307 g/mol. The van der Waals surface area contributed by atoms with Gasteiger partial charge in [0.05, 0.1) is 23.5 Å². The summed E-state index contributed by atoms with van der Waals surface area (Å²) in [5.74, 6) is 0. The molecule has 1 aliphatic heterocycles. The zero-order valence-electron chi connectivity index (χ0n) is 11.6. The van der Waals surface area contributed by atoms with E-state index in [1.54, 1.807) is 10.9 Å². The molecular formula is C15H18ClN3O2. The molecule has 2 N–H and O–H groups in total. The van der Waals surface area contributed by atoms with Crippen LogP contribution in [0, 0.1) is 0 Å². The lowest BCUT2D eigenvalue weighted by Gasteiger charge is -2.20. The first-order valence-corrected chi connectivity index (χ1v) is 7.31. The van der Waals surface area contributed by atoms with Crippen LogP contribution in [0.1, 0.15) is 12.0 Å². The number of rotatable bonds is 4. The molecule has 1 unspecified atom stereocenters. The maximum atomic E-state index is 10.0. The summed E-state index contributed by atoms with van der Waals surface area (Å²) in [6, 6.07) is 7.56. The summed E-state index contributed by atoms with van der Waals surface area (Å²) in [6.45, 7) is 1.77. The predicted octanol–water partition coefficient (Wildman–Crippen LogP) is 1.45. The fourth-order valence-corrected chi connectivity index (χ4v) is 2.90. The number of hydrogen-bond donors (Lipinski definition) is 2. The Labute approximate surface area is 128 Å². The minimum Gasteiger partial charge on any atom is -0.393 e. The van der Waals surface area contributed by atoms with Gasteiger partial charge >= 0.3 is 0 Å². The van der Waals surface area contributed by atoms with Gasteiger partial charge in [0.1, 0.15) is 5.60 Å². The van der Waals surface area contributed by atoms with Crippen LogP contribution < -0.4 is 0 Å². The van der Waals surface area contributed by atoms with E-state index in [1.165, 1.54) is 0 Å². The number of aliphatic hydroxyl groups excluding tert-OH is 1. The van der Waals surface area contributed by atoms with Crippen LogP contribution in [0.2, 0.25) is 5.02 Å². The van der Waals surface area contributed by atoms with Crippen LogP contribution in [-0.4, -0.2) is 50.2 Å². The van der Waals surface area contributed by atoms with Crippen LogP contribution in [0.25, 0.3) is 5.69 Å². The highest BCUT2D eigenvalue weighted by Crippen LogP contribution is 2.23. The fraction of sp³-hybridized carbons (Fsp3) is 0.400. The summed E-state index contributed by atoms with van der Waals surface area (Å²) in [7, 11) is 0. The number of hydrogen-bond acceptors (Lipinski definition) is 4. The zero-order valence-corrected chi connectivity index (χ0v) is 12.4. The molecule has 21 heavy (non-hydrogen) atoms. The summed E-state index contributed by atoms with van der Waals surface area (Å²) in [5, 5.41) is 24.2. The first-order chi connectivity index (χ1) is 10.1. The average molecular weight is 308 g/mol. The van der Waals surface area contributed by atoms with Crippen molar-refractivity contribution in [1.82, 2.24) is 14.7 Å². The molecule has 1 atom stereocenters. The van der Waals surface area contributed by atoms with E-state index in [2.05, 4.69) is 10.00 Å². The van der Waals surface area contributed by atoms with Crippen molar-refractivity contribution in [2.75, 3.05) is 19.7 Å². The van der Waals surface area contributed by atoms with Crippen LogP contribution in [0.15, 0.2) is 36.7 Å². The standard InChI is InChI=1S/C15H18ClN3O2/c16-13-3-1-2-4-14(13)19-9-12(7-17-19)8-18-6-5-15(21,10-18)11-20/h1-4,7,9,20-21H,5-6,8,10-11H2. The molecule has 1 aliphatic rings. The van der Waals surface area contributed by atoms with E-state index < -0.39 is 5.60 Å². The van der Waals surface area contributed by atoms with Gasteiger partial charge in [-0.15, -0.1) is 0 Å². The molecule has 0 spiro atoms. The quantitative estimate of drug-likeness (QED) is 0.897. The van der Waals surface area contributed by atoms with Crippen molar-refractivity contribution < 1.29 is 10.2 Å². The number of aromatic nitrogens is 2. The summed E-state index contributed by atoms with van der Waals surface area (Å²) in [4.78, 5) is 2.12. The minimum atomic E-state index is -0.960. The Balaban J connectivity index is 1.71. The van der Waals surface area contributed by atoms with Gasteiger partial charge in [-0.2, -0.15) is 5.10 Å².